The fraction of sp³-hybridized carbons (Fsp3) is 0.250. The summed E-state index contributed by atoms with van der Waals surface area (Å²) < 4.78 is 53.4. The zero-order valence-corrected chi connectivity index (χ0v) is 18.7. The summed E-state index contributed by atoms with van der Waals surface area (Å²) in [4.78, 5) is 8.51. The van der Waals surface area contributed by atoms with Crippen LogP contribution in [0, 0.1) is 0 Å². The zero-order chi connectivity index (χ0) is 24.4. The van der Waals surface area contributed by atoms with Gasteiger partial charge in [-0.1, -0.05) is 12.1 Å². The van der Waals surface area contributed by atoms with E-state index in [1.54, 1.807) is 12.1 Å². The Hall–Kier alpha value is -3.99. The van der Waals surface area contributed by atoms with Crippen LogP contribution >= 0.6 is 0 Å². The molecule has 0 amide bonds. The molecule has 1 saturated heterocycles. The van der Waals surface area contributed by atoms with Gasteiger partial charge in [0.25, 0.3) is 0 Å². The van der Waals surface area contributed by atoms with Gasteiger partial charge >= 0.3 is 6.36 Å². The average Bonchev–Trinajstić information content (AvgIpc) is 3.11. The molecule has 1 aliphatic heterocycles. The van der Waals surface area contributed by atoms with Crippen LogP contribution in [0.4, 0.5) is 24.8 Å². The standard InChI is InChI=1S/C24H22F3N5O3/c1-32-21-10-16(30-17-13-33-14-17)4-8-20(21)31-23(32)29-11-15-2-5-18(6-3-15)34-22-9-7-19(12-28-22)35-24(25,26)27/h2-10,12,17,30H,11,13-14H2,1H3,(H,29,31). The number of anilines is 2. The first-order valence-electron chi connectivity index (χ1n) is 10.9. The lowest BCUT2D eigenvalue weighted by atomic mass is 10.2. The van der Waals surface area contributed by atoms with Gasteiger partial charge in [-0.25, -0.2) is 9.97 Å². The Labute approximate surface area is 198 Å². The normalized spacial score (nSPS) is 13.9. The predicted octanol–water partition coefficient (Wildman–Crippen LogP) is 5.08. The number of pyridine rings is 1. The molecule has 3 heterocycles. The summed E-state index contributed by atoms with van der Waals surface area (Å²) in [6.07, 6.45) is -3.81. The Morgan fingerprint density at radius 1 is 1.06 bits per heavy atom. The highest BCUT2D eigenvalue weighted by Crippen LogP contribution is 2.26. The van der Waals surface area contributed by atoms with Crippen molar-refractivity contribution in [2.24, 2.45) is 7.05 Å². The van der Waals surface area contributed by atoms with E-state index in [-0.39, 0.29) is 5.88 Å². The van der Waals surface area contributed by atoms with Crippen molar-refractivity contribution in [1.82, 2.24) is 14.5 Å². The monoisotopic (exact) mass is 485 g/mol. The predicted molar refractivity (Wildman–Crippen MR) is 124 cm³/mol. The lowest BCUT2D eigenvalue weighted by Crippen LogP contribution is -2.40. The molecular formula is C24H22F3N5O3. The van der Waals surface area contributed by atoms with E-state index < -0.39 is 12.1 Å². The third kappa shape index (κ3) is 5.57. The number of aromatic nitrogens is 3. The van der Waals surface area contributed by atoms with Crippen LogP contribution in [0.2, 0.25) is 0 Å². The van der Waals surface area contributed by atoms with Crippen LogP contribution in [0.15, 0.2) is 60.8 Å². The number of aryl methyl sites for hydroxylation is 1. The highest BCUT2D eigenvalue weighted by molar-refractivity contribution is 5.82. The van der Waals surface area contributed by atoms with Gasteiger partial charge in [-0.05, 0) is 42.0 Å². The SMILES string of the molecule is Cn1c(NCc2ccc(Oc3ccc(OC(F)(F)F)cn3)cc2)nc2ccc(NC3COC3)cc21. The molecule has 2 aromatic carbocycles. The van der Waals surface area contributed by atoms with Gasteiger partial charge in [0.2, 0.25) is 11.8 Å². The first-order valence-corrected chi connectivity index (χ1v) is 10.9. The third-order valence-corrected chi connectivity index (χ3v) is 5.43. The summed E-state index contributed by atoms with van der Waals surface area (Å²) in [6, 6.07) is 16.2. The number of ether oxygens (including phenoxy) is 3. The molecule has 2 N–H and O–H groups in total. The molecule has 182 valence electrons. The van der Waals surface area contributed by atoms with E-state index in [0.29, 0.717) is 18.3 Å². The van der Waals surface area contributed by atoms with E-state index in [2.05, 4.69) is 31.4 Å². The lowest BCUT2D eigenvalue weighted by molar-refractivity contribution is -0.274. The highest BCUT2D eigenvalue weighted by atomic mass is 19.4. The minimum absolute atomic E-state index is 0.156. The number of hydrogen-bond acceptors (Lipinski definition) is 7. The van der Waals surface area contributed by atoms with Gasteiger partial charge in [0.05, 0.1) is 36.5 Å². The molecule has 35 heavy (non-hydrogen) atoms. The van der Waals surface area contributed by atoms with Crippen LogP contribution in [-0.2, 0) is 18.3 Å². The van der Waals surface area contributed by atoms with Crippen LogP contribution < -0.4 is 20.1 Å². The molecule has 2 aromatic heterocycles. The maximum atomic E-state index is 12.2. The van der Waals surface area contributed by atoms with E-state index >= 15 is 0 Å². The molecule has 1 aliphatic rings. The van der Waals surface area contributed by atoms with Gasteiger partial charge in [-0.3, -0.25) is 0 Å². The Morgan fingerprint density at radius 2 is 1.83 bits per heavy atom. The number of nitrogens with zero attached hydrogens (tertiary/aromatic N) is 3. The Balaban J connectivity index is 1.18. The van der Waals surface area contributed by atoms with Crippen molar-refractivity contribution in [3.63, 3.8) is 0 Å². The zero-order valence-electron chi connectivity index (χ0n) is 18.7. The van der Waals surface area contributed by atoms with Crippen molar-refractivity contribution in [3.05, 3.63) is 66.4 Å². The molecule has 4 aromatic rings. The van der Waals surface area contributed by atoms with Crippen LogP contribution in [0.3, 0.4) is 0 Å². The molecule has 0 atom stereocenters. The van der Waals surface area contributed by atoms with E-state index in [1.807, 2.05) is 35.9 Å². The van der Waals surface area contributed by atoms with Crippen molar-refractivity contribution >= 4 is 22.7 Å². The number of imidazole rings is 1. The van der Waals surface area contributed by atoms with Gasteiger partial charge < -0.3 is 29.4 Å². The molecule has 0 spiro atoms. The number of hydrogen-bond donors (Lipinski definition) is 2. The second-order valence-corrected chi connectivity index (χ2v) is 8.06. The Kier molecular flexibility index (Phi) is 6.08. The number of rotatable bonds is 8. The van der Waals surface area contributed by atoms with Gasteiger partial charge in [0, 0.05) is 25.3 Å². The first-order chi connectivity index (χ1) is 16.8. The summed E-state index contributed by atoms with van der Waals surface area (Å²) in [7, 11) is 1.96. The maximum absolute atomic E-state index is 12.2. The molecule has 8 nitrogen and oxygen atoms in total. The molecule has 0 unspecified atom stereocenters. The van der Waals surface area contributed by atoms with E-state index in [1.165, 1.54) is 6.07 Å². The van der Waals surface area contributed by atoms with Gasteiger partial charge in [-0.15, -0.1) is 13.2 Å². The first kappa shape index (κ1) is 22.8. The van der Waals surface area contributed by atoms with Crippen molar-refractivity contribution < 1.29 is 27.4 Å². The number of nitrogens with one attached hydrogen (secondary N) is 2. The minimum Gasteiger partial charge on any atom is -0.439 e. The van der Waals surface area contributed by atoms with E-state index in [4.69, 9.17) is 9.47 Å². The number of benzene rings is 2. The second kappa shape index (κ2) is 9.34. The van der Waals surface area contributed by atoms with Crippen molar-refractivity contribution in [3.8, 4) is 17.4 Å². The van der Waals surface area contributed by atoms with E-state index in [9.17, 15) is 13.2 Å². The largest absolute Gasteiger partial charge is 0.573 e. The number of halogens is 3. The van der Waals surface area contributed by atoms with Gasteiger partial charge in [0.15, 0.2) is 0 Å². The minimum atomic E-state index is -4.76. The number of alkyl halides is 3. The fourth-order valence-electron chi connectivity index (χ4n) is 3.59. The molecule has 0 aliphatic carbocycles. The van der Waals surface area contributed by atoms with Gasteiger partial charge in [0.1, 0.15) is 11.5 Å². The van der Waals surface area contributed by atoms with Crippen LogP contribution in [0.1, 0.15) is 5.56 Å². The Morgan fingerprint density at radius 3 is 2.49 bits per heavy atom. The van der Waals surface area contributed by atoms with Crippen LogP contribution in [-0.4, -0.2) is 40.2 Å². The van der Waals surface area contributed by atoms with Gasteiger partial charge in [-0.2, -0.15) is 0 Å². The summed E-state index contributed by atoms with van der Waals surface area (Å²) in [5, 5.41) is 6.79. The molecule has 5 rings (SSSR count). The summed E-state index contributed by atoms with van der Waals surface area (Å²) in [5.74, 6) is 0.998. The quantitative estimate of drug-likeness (QED) is 0.360. The highest BCUT2D eigenvalue weighted by Gasteiger charge is 2.31. The maximum Gasteiger partial charge on any atom is 0.573 e. The average molecular weight is 485 g/mol. The molecule has 0 bridgehead atoms. The Bertz CT molecular complexity index is 1300. The van der Waals surface area contributed by atoms with Crippen LogP contribution in [0.5, 0.6) is 17.4 Å². The number of fused-ring (bicyclic) bond motifs is 1. The van der Waals surface area contributed by atoms with Crippen molar-refractivity contribution in [1.29, 1.82) is 0 Å². The molecule has 0 radical (unpaired) electrons. The molecule has 0 saturated carbocycles. The second-order valence-electron chi connectivity index (χ2n) is 8.06. The van der Waals surface area contributed by atoms with Crippen molar-refractivity contribution in [2.45, 2.75) is 18.9 Å². The third-order valence-electron chi connectivity index (χ3n) is 5.43. The van der Waals surface area contributed by atoms with Crippen molar-refractivity contribution in [2.75, 3.05) is 23.8 Å². The fourth-order valence-corrected chi connectivity index (χ4v) is 3.59. The summed E-state index contributed by atoms with van der Waals surface area (Å²) in [6.45, 7) is 1.99. The lowest BCUT2D eigenvalue weighted by Gasteiger charge is -2.27. The van der Waals surface area contributed by atoms with Crippen LogP contribution in [0.25, 0.3) is 11.0 Å². The molecule has 11 heteroatoms. The summed E-state index contributed by atoms with van der Waals surface area (Å²) >= 11 is 0. The smallest absolute Gasteiger partial charge is 0.439 e. The molecule has 1 fully saturated rings. The molecular weight excluding hydrogens is 463 g/mol. The van der Waals surface area contributed by atoms with E-state index in [0.717, 1.165) is 53.7 Å². The summed E-state index contributed by atoms with van der Waals surface area (Å²) in [5.41, 5.74) is 3.94. The topological polar surface area (TPSA) is 82.5 Å².